The first-order valence-corrected chi connectivity index (χ1v) is 24.5. The van der Waals surface area contributed by atoms with Gasteiger partial charge in [0.05, 0.1) is 0 Å². The van der Waals surface area contributed by atoms with Gasteiger partial charge in [-0.2, -0.15) is 0 Å². The van der Waals surface area contributed by atoms with Crippen molar-refractivity contribution in [2.45, 2.75) is 284 Å². The lowest BCUT2D eigenvalue weighted by Crippen LogP contribution is -2.30. The zero-order valence-corrected chi connectivity index (χ0v) is 37.2. The quantitative estimate of drug-likeness (QED) is 0.0348. The van der Waals surface area contributed by atoms with Crippen LogP contribution < -0.4 is 0 Å². The molecule has 0 saturated carbocycles. The van der Waals surface area contributed by atoms with Gasteiger partial charge in [0.25, 0.3) is 0 Å². The van der Waals surface area contributed by atoms with Gasteiger partial charge in [0.15, 0.2) is 6.10 Å². The second kappa shape index (κ2) is 45.1. The zero-order chi connectivity index (χ0) is 40.1. The van der Waals surface area contributed by atoms with Crippen molar-refractivity contribution in [1.82, 2.24) is 0 Å². The van der Waals surface area contributed by atoms with E-state index in [1.165, 1.54) is 180 Å². The van der Waals surface area contributed by atoms with Crippen LogP contribution in [0.4, 0.5) is 0 Å². The Morgan fingerprint density at radius 2 is 0.491 bits per heavy atom. The van der Waals surface area contributed by atoms with Crippen LogP contribution in [-0.4, -0.2) is 37.2 Å². The van der Waals surface area contributed by atoms with E-state index in [0.717, 1.165) is 57.8 Å². The third kappa shape index (κ3) is 43.4. The number of carbonyl (C=O) groups is 3. The molecule has 0 saturated heterocycles. The molecule has 0 radical (unpaired) electrons. The van der Waals surface area contributed by atoms with Crippen molar-refractivity contribution in [1.29, 1.82) is 0 Å². The summed E-state index contributed by atoms with van der Waals surface area (Å²) in [6.45, 7) is 6.65. The predicted octanol–water partition coefficient (Wildman–Crippen LogP) is 15.6. The highest BCUT2D eigenvalue weighted by molar-refractivity contribution is 5.71. The van der Waals surface area contributed by atoms with E-state index in [4.69, 9.17) is 14.2 Å². The van der Waals surface area contributed by atoms with Gasteiger partial charge in [-0.3, -0.25) is 14.4 Å². The van der Waals surface area contributed by atoms with E-state index in [2.05, 4.69) is 20.8 Å². The molecule has 0 aliphatic rings. The first-order chi connectivity index (χ1) is 27.0. The number of hydrogen-bond acceptors (Lipinski definition) is 6. The lowest BCUT2D eigenvalue weighted by molar-refractivity contribution is -0.167. The predicted molar refractivity (Wildman–Crippen MR) is 233 cm³/mol. The molecule has 55 heavy (non-hydrogen) atoms. The fraction of sp³-hybridized carbons (Fsp3) is 0.939. The van der Waals surface area contributed by atoms with Crippen molar-refractivity contribution >= 4 is 17.9 Å². The second-order valence-corrected chi connectivity index (χ2v) is 16.7. The summed E-state index contributed by atoms with van der Waals surface area (Å²) in [5.74, 6) is -0.848. The minimum Gasteiger partial charge on any atom is -0.462 e. The standard InChI is InChI=1S/C49H94O6/c1-4-7-10-13-16-19-21-23-24-26-27-30-33-36-39-42-48(51)54-45-46(44-53-47(50)41-38-35-32-29-18-15-12-9-6-3)55-49(52)43-40-37-34-31-28-25-22-20-17-14-11-8-5-2/h46H,4-45H2,1-3H3/t46-/m0/s1. The maximum Gasteiger partial charge on any atom is 0.306 e. The maximum atomic E-state index is 12.7. The SMILES string of the molecule is CCCCCCCCCCCCCCCCCC(=O)OC[C@H](COC(=O)CCCCCCCCCCC)OC(=O)CCCCCCCCCCCCCCC. The number of unbranched alkanes of at least 4 members (excludes halogenated alkanes) is 34. The largest absolute Gasteiger partial charge is 0.462 e. The molecule has 326 valence electrons. The first kappa shape index (κ1) is 53.4. The molecule has 0 fully saturated rings. The van der Waals surface area contributed by atoms with Crippen molar-refractivity contribution in [2.24, 2.45) is 0 Å². The Morgan fingerprint density at radius 1 is 0.291 bits per heavy atom. The Labute approximate surface area is 342 Å². The zero-order valence-electron chi connectivity index (χ0n) is 37.2. The van der Waals surface area contributed by atoms with Gasteiger partial charge in [0, 0.05) is 19.3 Å². The molecule has 0 bridgehead atoms. The normalized spacial score (nSPS) is 11.8. The summed E-state index contributed by atoms with van der Waals surface area (Å²) in [7, 11) is 0. The molecule has 0 aromatic carbocycles. The van der Waals surface area contributed by atoms with E-state index in [-0.39, 0.29) is 31.1 Å². The first-order valence-electron chi connectivity index (χ1n) is 24.5. The molecule has 0 rings (SSSR count). The highest BCUT2D eigenvalue weighted by atomic mass is 16.6. The molecule has 0 aromatic rings. The summed E-state index contributed by atoms with van der Waals surface area (Å²) in [5.41, 5.74) is 0. The van der Waals surface area contributed by atoms with Gasteiger partial charge < -0.3 is 14.2 Å². The van der Waals surface area contributed by atoms with Crippen LogP contribution in [0.15, 0.2) is 0 Å². The molecule has 0 N–H and O–H groups in total. The van der Waals surface area contributed by atoms with Crippen LogP contribution in [0.5, 0.6) is 0 Å². The summed E-state index contributed by atoms with van der Waals surface area (Å²) in [6.07, 6.45) is 46.5. The third-order valence-electron chi connectivity index (χ3n) is 11.1. The van der Waals surface area contributed by atoms with E-state index in [1.54, 1.807) is 0 Å². The minimum absolute atomic E-state index is 0.0623. The van der Waals surface area contributed by atoms with Crippen LogP contribution in [0.2, 0.25) is 0 Å². The Morgan fingerprint density at radius 3 is 0.727 bits per heavy atom. The van der Waals surface area contributed by atoms with Gasteiger partial charge in [-0.15, -0.1) is 0 Å². The monoisotopic (exact) mass is 779 g/mol. The van der Waals surface area contributed by atoms with Crippen molar-refractivity contribution in [3.05, 3.63) is 0 Å². The second-order valence-electron chi connectivity index (χ2n) is 16.7. The fourth-order valence-corrected chi connectivity index (χ4v) is 7.38. The summed E-state index contributed by atoms with van der Waals surface area (Å²) in [6, 6.07) is 0. The van der Waals surface area contributed by atoms with Crippen LogP contribution in [0.1, 0.15) is 278 Å². The Balaban J connectivity index is 4.27. The molecule has 0 aliphatic carbocycles. The summed E-state index contributed by atoms with van der Waals surface area (Å²) in [4.78, 5) is 37.8. The molecular weight excluding hydrogens is 685 g/mol. The smallest absolute Gasteiger partial charge is 0.306 e. The molecule has 0 heterocycles. The molecule has 0 unspecified atom stereocenters. The molecule has 1 atom stereocenters. The molecule has 6 nitrogen and oxygen atoms in total. The lowest BCUT2D eigenvalue weighted by Gasteiger charge is -2.18. The van der Waals surface area contributed by atoms with E-state index in [0.29, 0.717) is 19.3 Å². The van der Waals surface area contributed by atoms with Gasteiger partial charge >= 0.3 is 17.9 Å². The molecular formula is C49H94O6. The molecule has 6 heteroatoms. The lowest BCUT2D eigenvalue weighted by atomic mass is 10.0. The van der Waals surface area contributed by atoms with Crippen molar-refractivity contribution in [2.75, 3.05) is 13.2 Å². The Hall–Kier alpha value is -1.59. The van der Waals surface area contributed by atoms with Crippen molar-refractivity contribution in [3.8, 4) is 0 Å². The van der Waals surface area contributed by atoms with Crippen molar-refractivity contribution in [3.63, 3.8) is 0 Å². The van der Waals surface area contributed by atoms with Gasteiger partial charge in [0.1, 0.15) is 13.2 Å². The Bertz CT molecular complexity index is 813. The van der Waals surface area contributed by atoms with E-state index in [1.807, 2.05) is 0 Å². The van der Waals surface area contributed by atoms with Crippen LogP contribution >= 0.6 is 0 Å². The molecule has 0 aromatic heterocycles. The number of rotatable bonds is 45. The average molecular weight is 779 g/mol. The topological polar surface area (TPSA) is 78.9 Å². The van der Waals surface area contributed by atoms with Gasteiger partial charge in [0.2, 0.25) is 0 Å². The van der Waals surface area contributed by atoms with Crippen molar-refractivity contribution < 1.29 is 28.6 Å². The van der Waals surface area contributed by atoms with E-state index < -0.39 is 6.10 Å². The molecule has 0 aliphatic heterocycles. The van der Waals surface area contributed by atoms with Gasteiger partial charge in [-0.25, -0.2) is 0 Å². The number of ether oxygens (including phenoxy) is 3. The summed E-state index contributed by atoms with van der Waals surface area (Å²) < 4.78 is 16.7. The number of carbonyl (C=O) groups excluding carboxylic acids is 3. The third-order valence-corrected chi connectivity index (χ3v) is 11.1. The number of esters is 3. The minimum atomic E-state index is -0.758. The van der Waals surface area contributed by atoms with Crippen LogP contribution in [0.25, 0.3) is 0 Å². The van der Waals surface area contributed by atoms with Crippen LogP contribution in [0.3, 0.4) is 0 Å². The highest BCUT2D eigenvalue weighted by Crippen LogP contribution is 2.16. The number of hydrogen-bond donors (Lipinski definition) is 0. The van der Waals surface area contributed by atoms with E-state index >= 15 is 0 Å². The molecule has 0 spiro atoms. The van der Waals surface area contributed by atoms with Crippen LogP contribution in [0, 0.1) is 0 Å². The summed E-state index contributed by atoms with van der Waals surface area (Å²) in [5, 5.41) is 0. The molecule has 0 amide bonds. The van der Waals surface area contributed by atoms with E-state index in [9.17, 15) is 14.4 Å². The maximum absolute atomic E-state index is 12.7. The van der Waals surface area contributed by atoms with Gasteiger partial charge in [-0.05, 0) is 19.3 Å². The van der Waals surface area contributed by atoms with Crippen LogP contribution in [-0.2, 0) is 28.6 Å². The highest BCUT2D eigenvalue weighted by Gasteiger charge is 2.19. The average Bonchev–Trinajstić information content (AvgIpc) is 3.18. The Kier molecular flexibility index (Phi) is 43.8. The summed E-state index contributed by atoms with van der Waals surface area (Å²) >= 11 is 0. The van der Waals surface area contributed by atoms with Gasteiger partial charge in [-0.1, -0.05) is 239 Å². The fourth-order valence-electron chi connectivity index (χ4n) is 7.38.